The number of aromatic nitrogens is 1. The van der Waals surface area contributed by atoms with Gasteiger partial charge in [-0.1, -0.05) is 167 Å². The summed E-state index contributed by atoms with van der Waals surface area (Å²) in [6.45, 7) is 36.5. The molecule has 27 heteroatoms. The molecule has 0 radical (unpaired) electrons. The second-order valence-corrected chi connectivity index (χ2v) is 36.8. The molecule has 8 aliphatic rings. The number of nitrogens with zero attached hydrogens (tertiary/aromatic N) is 3. The third-order valence-corrected chi connectivity index (χ3v) is 21.5. The number of benzene rings is 5. The van der Waals surface area contributed by atoms with E-state index in [0.29, 0.717) is 96.5 Å². The Morgan fingerprint density at radius 3 is 1.47 bits per heavy atom. The van der Waals surface area contributed by atoms with E-state index in [4.69, 9.17) is 28.4 Å². The highest BCUT2D eigenvalue weighted by molar-refractivity contribution is 7.14. The number of carbonyl (C=O) groups is 8. The van der Waals surface area contributed by atoms with E-state index in [-0.39, 0.29) is 87.4 Å². The van der Waals surface area contributed by atoms with E-state index >= 15 is 0 Å². The minimum atomic E-state index is -0.409. The standard InChI is InChI=1S/C14H19NO.C12H14FNO2.C12H16N2O.2C12H15NO2.C11H14N2O2.C11H15NO2S.C10H13NO2S.CH4/c1-10(2)8-11-4-5-12-6-7-14(16)15(3)13(12)9-11;1-7(2)3-8-4-9(13)12-10(5-8)14-11(15)6-16-12;1-8(2)5-9-3-4-10-7-13-12(15)14-11(10)6-9;1-8(2)5-9-3-4-10-7-15-12(14)13-11(10)6-9;1-8(2)5-9-3-4-10-7-13-12(14)15-11(10)6-9;1-7(2)3-8-4-9-11(12-5-8)15-6-10(14)13-9;1-7(2)4-8-5-9-11(15-8)14-6-10(13)12(9)3;1-6(2)3-7-4-8-10(14-7)13-5-9(12)11-8;/h4-5,9-10H,6-8H2,1-3H3;4-5,7H,3,6H2,1-2H3,(H,14,15);3-4,6,8H,5,7H2,1-2H3,(H2,13,14,15);2*3-4,6,8H,5,7H2,1-2H3,(H,13,14);4-5,7H,3,6H2,1-2H3,(H,13,14);5,7H,4,6H2,1-3H3;4,6H,3,5H2,1-2H3,(H,11,12);1H4. The molecule has 0 spiro atoms. The van der Waals surface area contributed by atoms with Crippen LogP contribution >= 0.6 is 22.7 Å². The summed E-state index contributed by atoms with van der Waals surface area (Å²) in [6, 6.07) is 34.2. The topological polar surface area (TPSA) is 296 Å². The van der Waals surface area contributed by atoms with Gasteiger partial charge in [0.2, 0.25) is 11.8 Å². The summed E-state index contributed by atoms with van der Waals surface area (Å²) in [5.41, 5.74) is 17.5. The third-order valence-electron chi connectivity index (χ3n) is 19.4. The summed E-state index contributed by atoms with van der Waals surface area (Å²) in [4.78, 5) is 99.6. The molecule has 9 amide bonds. The van der Waals surface area contributed by atoms with Gasteiger partial charge in [0.1, 0.15) is 18.0 Å². The van der Waals surface area contributed by atoms with Gasteiger partial charge in [0.15, 0.2) is 48.1 Å². The van der Waals surface area contributed by atoms with Gasteiger partial charge in [0.05, 0.1) is 22.7 Å². The van der Waals surface area contributed by atoms with E-state index in [1.54, 1.807) is 51.8 Å². The Bertz CT molecular complexity index is 4650. The van der Waals surface area contributed by atoms with Crippen LogP contribution in [0.2, 0.25) is 0 Å². The number of thiophene rings is 2. The van der Waals surface area contributed by atoms with Crippen molar-refractivity contribution in [3.8, 4) is 27.5 Å². The number of urea groups is 1. The van der Waals surface area contributed by atoms with Crippen molar-refractivity contribution in [2.75, 3.05) is 76.9 Å². The van der Waals surface area contributed by atoms with Crippen LogP contribution in [0.15, 0.2) is 109 Å². The smallest absolute Gasteiger partial charge is 0.412 e. The van der Waals surface area contributed by atoms with E-state index in [1.807, 2.05) is 43.4 Å². The van der Waals surface area contributed by atoms with Crippen molar-refractivity contribution in [2.24, 2.45) is 47.3 Å². The highest BCUT2D eigenvalue weighted by Gasteiger charge is 2.28. The largest absolute Gasteiger partial charge is 0.478 e. The lowest BCUT2D eigenvalue weighted by atomic mass is 9.96. The maximum absolute atomic E-state index is 13.6. The van der Waals surface area contributed by atoms with Gasteiger partial charge in [-0.3, -0.25) is 29.3 Å². The van der Waals surface area contributed by atoms with Crippen LogP contribution in [0.5, 0.6) is 27.5 Å². The van der Waals surface area contributed by atoms with Crippen LogP contribution in [0, 0.1) is 53.2 Å². The van der Waals surface area contributed by atoms with Crippen molar-refractivity contribution in [2.45, 2.75) is 202 Å². The zero-order valence-corrected chi connectivity index (χ0v) is 74.9. The van der Waals surface area contributed by atoms with Gasteiger partial charge in [-0.2, -0.15) is 0 Å². The normalized spacial score (nSPS) is 14.6. The number of pyridine rings is 1. The van der Waals surface area contributed by atoms with Gasteiger partial charge in [-0.25, -0.2) is 23.8 Å². The summed E-state index contributed by atoms with van der Waals surface area (Å²) in [6.07, 6.45) is 10.6. The Morgan fingerprint density at radius 2 is 0.852 bits per heavy atom. The zero-order valence-electron chi connectivity index (χ0n) is 73.3. The van der Waals surface area contributed by atoms with E-state index in [2.05, 4.69) is 208 Å². The van der Waals surface area contributed by atoms with Crippen LogP contribution < -0.4 is 70.7 Å². The quantitative estimate of drug-likeness (QED) is 0.0473. The molecule has 0 atom stereocenters. The average Bonchev–Trinajstić information content (AvgIpc) is 1.71. The predicted molar refractivity (Wildman–Crippen MR) is 486 cm³/mol. The van der Waals surface area contributed by atoms with E-state index in [9.17, 15) is 42.7 Å². The number of likely N-dealkylation sites (N-methyl/N-ethyl adjacent to an activating group) is 1. The summed E-state index contributed by atoms with van der Waals surface area (Å²) in [7, 11) is 3.68. The molecule has 8 aromatic rings. The lowest BCUT2D eigenvalue weighted by Crippen LogP contribution is -2.34. The molecule has 3 aromatic heterocycles. The summed E-state index contributed by atoms with van der Waals surface area (Å²) >= 11 is 3.28. The van der Waals surface area contributed by atoms with Crippen molar-refractivity contribution < 1.29 is 71.2 Å². The van der Waals surface area contributed by atoms with Crippen LogP contribution in [-0.4, -0.2) is 93.3 Å². The number of aryl methyl sites for hydroxylation is 1. The number of rotatable bonds is 16. The molecule has 11 heterocycles. The molecule has 0 fully saturated rings. The first-order chi connectivity index (χ1) is 57.4. The van der Waals surface area contributed by atoms with Gasteiger partial charge in [0.25, 0.3) is 23.6 Å². The number of amides is 9. The van der Waals surface area contributed by atoms with Crippen LogP contribution in [0.1, 0.15) is 190 Å². The van der Waals surface area contributed by atoms with Gasteiger partial charge < -0.3 is 70.1 Å². The Labute approximate surface area is 727 Å². The number of carbonyl (C=O) groups excluding carboxylic acids is 8. The van der Waals surface area contributed by atoms with E-state index in [1.165, 1.54) is 43.6 Å². The van der Waals surface area contributed by atoms with Crippen molar-refractivity contribution in [3.05, 3.63) is 181 Å². The van der Waals surface area contributed by atoms with Gasteiger partial charge in [-0.05, 0) is 204 Å². The van der Waals surface area contributed by atoms with Crippen molar-refractivity contribution in [1.29, 1.82) is 0 Å². The van der Waals surface area contributed by atoms with Gasteiger partial charge in [-0.15, -0.1) is 22.7 Å². The predicted octanol–water partition coefficient (Wildman–Crippen LogP) is 19.9. The highest BCUT2D eigenvalue weighted by atomic mass is 32.1. The monoisotopic (exact) mass is 1710 g/mol. The highest BCUT2D eigenvalue weighted by Crippen LogP contribution is 2.42. The van der Waals surface area contributed by atoms with Crippen LogP contribution in [0.4, 0.5) is 58.6 Å². The number of nitrogens with one attached hydrogen (secondary N) is 7. The number of hydrogen-bond donors (Lipinski definition) is 7. The Morgan fingerprint density at radius 1 is 0.385 bits per heavy atom. The summed E-state index contributed by atoms with van der Waals surface area (Å²) < 4.78 is 44.5. The van der Waals surface area contributed by atoms with Gasteiger partial charge >= 0.3 is 18.2 Å². The maximum Gasteiger partial charge on any atom is 0.412 e. The van der Waals surface area contributed by atoms with E-state index < -0.39 is 5.82 Å². The number of fused-ring (bicyclic) bond motifs is 8. The fourth-order valence-electron chi connectivity index (χ4n) is 14.1. The molecule has 7 N–H and O–H groups in total. The molecular formula is C95H125FN10O14S2. The minimum Gasteiger partial charge on any atom is -0.478 e. The number of hydrogen-bond acceptors (Lipinski definition) is 17. The molecule has 0 saturated heterocycles. The zero-order chi connectivity index (χ0) is 87.9. The molecule has 16 rings (SSSR count). The molecule has 0 bridgehead atoms. The lowest BCUT2D eigenvalue weighted by Gasteiger charge is -2.26. The molecule has 8 aliphatic heterocycles. The van der Waals surface area contributed by atoms with Crippen LogP contribution in [-0.2, 0) is 106 Å². The molecule has 24 nitrogen and oxygen atoms in total. The molecular weight excluding hydrogens is 1590 g/mol. The first-order valence-electron chi connectivity index (χ1n) is 41.9. The number of cyclic esters (lactones) is 1. The molecule has 0 saturated carbocycles. The average molecular weight is 1710 g/mol. The van der Waals surface area contributed by atoms with Crippen LogP contribution in [0.3, 0.4) is 0 Å². The van der Waals surface area contributed by atoms with Crippen LogP contribution in [0.25, 0.3) is 0 Å². The first-order valence-corrected chi connectivity index (χ1v) is 43.5. The Kier molecular flexibility index (Phi) is 36.1. The Hall–Kier alpha value is -11.1. The molecule has 5 aromatic carbocycles. The van der Waals surface area contributed by atoms with Crippen molar-refractivity contribution in [3.63, 3.8) is 0 Å². The fourth-order valence-corrected chi connectivity index (χ4v) is 16.5. The summed E-state index contributed by atoms with van der Waals surface area (Å²) in [5.74, 6) is 5.60. The molecule has 122 heavy (non-hydrogen) atoms. The number of halogens is 1. The number of ether oxygens (including phenoxy) is 6. The Balaban J connectivity index is 0.000000173. The number of anilines is 7. The third kappa shape index (κ3) is 29.9. The SMILES string of the molecule is C.CC(C)Cc1cc(F)c2c(c1)NC(=O)CO2.CC(C)Cc1cc2c(s1)OCC(=O)N2.CC(C)Cc1cc2c(s1)OCC(=O)N2C.CC(C)Cc1ccc2c(c1)N(C)C(=O)CC2.CC(C)Cc1ccc2c(c1)NC(=O)NC2.CC(C)Cc1ccc2c(c1)NC(=O)OC2.CC(C)Cc1ccc2c(c1)OC(=O)NC2.CC(C)Cc1cnc2c(c1)NC(=O)CO2. The van der Waals surface area contributed by atoms with Crippen molar-refractivity contribution in [1.82, 2.24) is 15.6 Å². The fraction of sp³-hybridized carbons (Fsp3) is 0.463. The summed E-state index contributed by atoms with van der Waals surface area (Å²) in [5, 5.41) is 20.8. The molecule has 0 unspecified atom stereocenters. The molecule has 658 valence electrons. The maximum atomic E-state index is 13.6. The first kappa shape index (κ1) is 96.4. The lowest BCUT2D eigenvalue weighted by molar-refractivity contribution is -0.121. The van der Waals surface area contributed by atoms with Crippen molar-refractivity contribution >= 4 is 110 Å². The van der Waals surface area contributed by atoms with Gasteiger partial charge in [0, 0.05) is 72.1 Å². The molecule has 0 aliphatic carbocycles. The second kappa shape index (κ2) is 45.7. The second-order valence-electron chi connectivity index (χ2n) is 34.6. The minimum absolute atomic E-state index is 0. The van der Waals surface area contributed by atoms with E-state index in [0.717, 1.165) is 124 Å².